The van der Waals surface area contributed by atoms with Crippen LogP contribution in [-0.4, -0.2) is 98.5 Å². The van der Waals surface area contributed by atoms with Gasteiger partial charge >= 0.3 is 13.5 Å². The molecule has 211 valence electrons. The van der Waals surface area contributed by atoms with E-state index in [9.17, 15) is 44.0 Å². The topological polar surface area (TPSA) is 285 Å². The largest absolute Gasteiger partial charge is 0.479 e. The third-order valence-corrected chi connectivity index (χ3v) is 8.30. The summed E-state index contributed by atoms with van der Waals surface area (Å²) in [5.41, 5.74) is 7.60. The molecule has 0 saturated carbocycles. The van der Waals surface area contributed by atoms with Crippen LogP contribution in [0.15, 0.2) is 20.9 Å². The maximum Gasteiger partial charge on any atom is 0.479 e. The van der Waals surface area contributed by atoms with Crippen LogP contribution in [0.25, 0.3) is 10.4 Å². The number of hydrogen-bond acceptors (Lipinski definition) is 14. The summed E-state index contributed by atoms with van der Waals surface area (Å²) in [6, 6.07) is -0.990. The van der Waals surface area contributed by atoms with E-state index in [0.717, 1.165) is 4.57 Å². The number of aryl methyl sites for hydroxylation is 1. The summed E-state index contributed by atoms with van der Waals surface area (Å²) in [7, 11) is -5.01. The second-order valence-corrected chi connectivity index (χ2v) is 11.4. The van der Waals surface area contributed by atoms with Crippen molar-refractivity contribution >= 4 is 22.9 Å². The SMILES string of the molecule is [B-]P(=O)(OC[C@H]1O[C@H](n2cc(C)c(=O)[nH]c2=O)C[C@@H]1N=[N+]=[N-])OP(=O)(O)O[C@H]1O[C@H](CO)[C@@H](O)[C@H](O)[C@H]1O. The van der Waals surface area contributed by atoms with Crippen molar-refractivity contribution in [2.75, 3.05) is 13.2 Å². The number of phosphoric acid groups is 1. The van der Waals surface area contributed by atoms with Gasteiger partial charge in [0.25, 0.3) is 5.56 Å². The molecule has 0 aliphatic carbocycles. The fraction of sp³-hybridized carbons (Fsp3) is 0.750. The van der Waals surface area contributed by atoms with Crippen LogP contribution in [0.2, 0.25) is 0 Å². The number of azide groups is 1. The molecule has 1 aromatic rings. The predicted molar refractivity (Wildman–Crippen MR) is 123 cm³/mol. The molecular weight excluding hydrogens is 559 g/mol. The number of phosphoric ester groups is 1. The molecule has 2 aliphatic heterocycles. The number of H-pyrrole nitrogens is 1. The molecule has 38 heavy (non-hydrogen) atoms. The van der Waals surface area contributed by atoms with Crippen molar-refractivity contribution in [1.29, 1.82) is 0 Å². The minimum absolute atomic E-state index is 0.0715. The smallest absolute Gasteiger partial charge is 0.443 e. The predicted octanol–water partition coefficient (Wildman–Crippen LogP) is -1.96. The quantitative estimate of drug-likeness (QED) is 0.0573. The zero-order chi connectivity index (χ0) is 28.4. The lowest BCUT2D eigenvalue weighted by Crippen LogP contribution is -2.58. The van der Waals surface area contributed by atoms with Gasteiger partial charge in [0.15, 0.2) is 6.29 Å². The van der Waals surface area contributed by atoms with Crippen molar-refractivity contribution < 1.29 is 57.3 Å². The lowest BCUT2D eigenvalue weighted by Gasteiger charge is -2.40. The average molecular weight is 583 g/mol. The molecule has 6 N–H and O–H groups in total. The third kappa shape index (κ3) is 7.19. The van der Waals surface area contributed by atoms with E-state index in [1.807, 2.05) is 0 Å². The van der Waals surface area contributed by atoms with Gasteiger partial charge in [0.1, 0.15) is 30.6 Å². The van der Waals surface area contributed by atoms with Gasteiger partial charge in [0, 0.05) is 23.1 Å². The lowest BCUT2D eigenvalue weighted by molar-refractivity contribution is -0.280. The van der Waals surface area contributed by atoms with Gasteiger partial charge in [0.2, 0.25) is 0 Å². The van der Waals surface area contributed by atoms with Gasteiger partial charge in [-0.25, -0.2) is 13.7 Å². The molecule has 2 saturated heterocycles. The molecule has 0 spiro atoms. The second kappa shape index (κ2) is 12.1. The number of aromatic amines is 1. The zero-order valence-corrected chi connectivity index (χ0v) is 21.3. The van der Waals surface area contributed by atoms with Crippen LogP contribution in [0.1, 0.15) is 18.2 Å². The van der Waals surface area contributed by atoms with Gasteiger partial charge in [-0.3, -0.25) is 18.9 Å². The fourth-order valence-corrected chi connectivity index (χ4v) is 5.96. The maximum absolute atomic E-state index is 12.5. The van der Waals surface area contributed by atoms with E-state index >= 15 is 0 Å². The molecule has 3 radical (unpaired) electrons. The molecule has 22 heteroatoms. The number of nitrogens with zero attached hydrogens (tertiary/aromatic N) is 4. The van der Waals surface area contributed by atoms with Crippen LogP contribution < -0.4 is 11.2 Å². The Bertz CT molecular complexity index is 1270. The number of nitrogens with one attached hydrogen (secondary N) is 1. The number of hydrogen-bond donors (Lipinski definition) is 6. The van der Waals surface area contributed by atoms with Gasteiger partial charge in [-0.05, 0) is 12.5 Å². The zero-order valence-electron chi connectivity index (χ0n) is 19.5. The summed E-state index contributed by atoms with van der Waals surface area (Å²) in [5, 5.41) is 42.1. The van der Waals surface area contributed by atoms with Gasteiger partial charge in [-0.15, -0.1) is 0 Å². The Morgan fingerprint density at radius 3 is 2.55 bits per heavy atom. The lowest BCUT2D eigenvalue weighted by atomic mass is 10.00. The van der Waals surface area contributed by atoms with Crippen LogP contribution in [0.4, 0.5) is 0 Å². The van der Waals surface area contributed by atoms with Gasteiger partial charge < -0.3 is 51.4 Å². The Morgan fingerprint density at radius 1 is 1.24 bits per heavy atom. The van der Waals surface area contributed by atoms with Gasteiger partial charge in [-0.2, -0.15) is 0 Å². The highest BCUT2D eigenvalue weighted by Gasteiger charge is 2.47. The highest BCUT2D eigenvalue weighted by molar-refractivity contribution is 7.83. The third-order valence-electron chi connectivity index (χ3n) is 5.58. The summed E-state index contributed by atoms with van der Waals surface area (Å²) < 4.78 is 50.3. The summed E-state index contributed by atoms with van der Waals surface area (Å²) in [6.07, 6.45) is -10.5. The van der Waals surface area contributed by atoms with Crippen LogP contribution >= 0.6 is 15.3 Å². The number of aliphatic hydroxyl groups is 4. The molecule has 3 heterocycles. The number of aromatic nitrogens is 2. The molecule has 0 bridgehead atoms. The van der Waals surface area contributed by atoms with Crippen LogP contribution in [0.5, 0.6) is 0 Å². The maximum atomic E-state index is 12.5. The molecule has 0 amide bonds. The number of ether oxygens (including phenoxy) is 2. The first-order chi connectivity index (χ1) is 17.7. The van der Waals surface area contributed by atoms with Crippen molar-refractivity contribution in [2.45, 2.75) is 62.4 Å². The molecule has 2 unspecified atom stereocenters. The Hall–Kier alpha value is -1.89. The normalized spacial score (nSPS) is 34.7. The van der Waals surface area contributed by atoms with E-state index in [2.05, 4.69) is 23.8 Å². The molecule has 2 fully saturated rings. The van der Waals surface area contributed by atoms with Gasteiger partial charge in [-0.1, -0.05) is 5.11 Å². The van der Waals surface area contributed by atoms with E-state index in [0.29, 0.717) is 0 Å². The van der Waals surface area contributed by atoms with Crippen molar-refractivity contribution in [3.63, 3.8) is 0 Å². The first kappa shape index (κ1) is 30.7. The van der Waals surface area contributed by atoms with Crippen molar-refractivity contribution in [3.8, 4) is 0 Å². The summed E-state index contributed by atoms with van der Waals surface area (Å²) in [4.78, 5) is 38.5. The highest BCUT2D eigenvalue weighted by Crippen LogP contribution is 2.61. The van der Waals surface area contributed by atoms with E-state index < -0.39 is 88.8 Å². The first-order valence-electron chi connectivity index (χ1n) is 10.8. The van der Waals surface area contributed by atoms with E-state index in [1.54, 1.807) is 0 Å². The Labute approximate surface area is 214 Å². The van der Waals surface area contributed by atoms with Crippen molar-refractivity contribution in [3.05, 3.63) is 43.0 Å². The molecule has 1 aromatic heterocycles. The van der Waals surface area contributed by atoms with Crippen LogP contribution in [0, 0.1) is 6.92 Å². The first-order valence-corrected chi connectivity index (χ1v) is 13.9. The van der Waals surface area contributed by atoms with Crippen LogP contribution in [-0.2, 0) is 32.0 Å². The standard InChI is InChI=1S/C16H24BN5O14P2/c1-6-3-22(16(28)19-14(6)27)10-2-7(20-21-18)9(33-10)5-32-37(17,29)36-38(30,31)35-15-13(26)12(25)11(24)8(4-23)34-15/h3,7-13,15,23-26H,2,4-5H2,1H3,(H,30,31)(H,19,27,28)/q-1/t7-,8+,9+,10-,11+,12-,13+,15+,37?/m0/s1. The number of rotatable bonds is 10. The molecule has 2 aliphatic rings. The highest BCUT2D eigenvalue weighted by atomic mass is 31.3. The fourth-order valence-electron chi connectivity index (χ4n) is 3.67. The van der Waals surface area contributed by atoms with E-state index in [1.165, 1.54) is 13.1 Å². The minimum Gasteiger partial charge on any atom is -0.443 e. The summed E-state index contributed by atoms with van der Waals surface area (Å²) in [5.74, 6) is 0. The number of aliphatic hydroxyl groups excluding tert-OH is 4. The summed E-state index contributed by atoms with van der Waals surface area (Å²) >= 11 is 0. The van der Waals surface area contributed by atoms with Crippen molar-refractivity contribution in [2.24, 2.45) is 5.11 Å². The monoisotopic (exact) mass is 583 g/mol. The van der Waals surface area contributed by atoms with E-state index in [-0.39, 0.29) is 12.0 Å². The Balaban J connectivity index is 1.66. The van der Waals surface area contributed by atoms with Gasteiger partial charge in [0.05, 0.1) is 32.8 Å². The molecule has 10 atom stereocenters. The van der Waals surface area contributed by atoms with Crippen LogP contribution in [0.3, 0.4) is 0 Å². The van der Waals surface area contributed by atoms with E-state index in [4.69, 9.17) is 27.1 Å². The molecular formula is C16H24BN5O14P2-. The Morgan fingerprint density at radius 2 is 1.92 bits per heavy atom. The molecule has 0 aromatic carbocycles. The van der Waals surface area contributed by atoms with Crippen molar-refractivity contribution in [1.82, 2.24) is 9.55 Å². The average Bonchev–Trinajstić information content (AvgIpc) is 3.22. The molecule has 3 rings (SSSR count). The summed E-state index contributed by atoms with van der Waals surface area (Å²) in [6.45, 7) is -0.152. The second-order valence-electron chi connectivity index (χ2n) is 8.30. The minimum atomic E-state index is -5.44. The Kier molecular flexibility index (Phi) is 9.76. The molecule has 19 nitrogen and oxygen atoms in total.